The second kappa shape index (κ2) is 9.44. The Morgan fingerprint density at radius 2 is 1.35 bits per heavy atom. The topological polar surface area (TPSA) is 79.5 Å². The van der Waals surface area contributed by atoms with Crippen LogP contribution in [0, 0.1) is 0 Å². The number of carbonyl (C=O) groups is 2. The van der Waals surface area contributed by atoms with Crippen LogP contribution in [0.2, 0.25) is 0 Å². The van der Waals surface area contributed by atoms with E-state index >= 15 is 0 Å². The molecule has 0 aliphatic carbocycles. The Bertz CT molecular complexity index is 276. The molecule has 0 aliphatic heterocycles. The Hall–Kier alpha value is -1.46. The number of ether oxygens (including phenoxy) is 1. The third-order valence-electron chi connectivity index (χ3n) is 2.54. The van der Waals surface area contributed by atoms with E-state index < -0.39 is 6.09 Å². The van der Waals surface area contributed by atoms with Crippen LogP contribution in [0.25, 0.3) is 0 Å². The second-order valence-corrected chi connectivity index (χ2v) is 5.75. The molecular weight excluding hydrogens is 258 g/mol. The molecule has 0 aromatic rings. The number of hydrogen-bond donors (Lipinski definition) is 3. The van der Waals surface area contributed by atoms with Gasteiger partial charge < -0.3 is 20.7 Å². The summed E-state index contributed by atoms with van der Waals surface area (Å²) in [6, 6.07) is 0.0266. The third-order valence-corrected chi connectivity index (χ3v) is 2.54. The van der Waals surface area contributed by atoms with E-state index in [0.29, 0.717) is 0 Å². The molecular formula is C14H29N3O3. The molecule has 20 heavy (non-hydrogen) atoms. The molecule has 0 spiro atoms. The maximum atomic E-state index is 11.5. The predicted octanol–water partition coefficient (Wildman–Crippen LogP) is 2.39. The highest BCUT2D eigenvalue weighted by atomic mass is 16.6. The van der Waals surface area contributed by atoms with Crippen LogP contribution >= 0.6 is 0 Å². The van der Waals surface area contributed by atoms with Gasteiger partial charge in [0.2, 0.25) is 0 Å². The molecule has 6 heteroatoms. The van der Waals surface area contributed by atoms with Crippen molar-refractivity contribution in [3.63, 3.8) is 0 Å². The van der Waals surface area contributed by atoms with E-state index in [1.807, 2.05) is 41.5 Å². The van der Waals surface area contributed by atoms with E-state index in [1.54, 1.807) is 0 Å². The van der Waals surface area contributed by atoms with Crippen LogP contribution in [-0.4, -0.2) is 36.4 Å². The fourth-order valence-electron chi connectivity index (χ4n) is 1.62. The van der Waals surface area contributed by atoms with Gasteiger partial charge in [-0.2, -0.15) is 0 Å². The van der Waals surface area contributed by atoms with E-state index in [0.717, 1.165) is 12.8 Å². The number of rotatable bonds is 7. The molecule has 0 radical (unpaired) electrons. The summed E-state index contributed by atoms with van der Waals surface area (Å²) in [4.78, 5) is 22.9. The number of hydrogen-bond acceptors (Lipinski definition) is 3. The highest BCUT2D eigenvalue weighted by molar-refractivity contribution is 5.74. The molecule has 0 saturated heterocycles. The zero-order valence-corrected chi connectivity index (χ0v) is 13.4. The molecule has 0 saturated carbocycles. The van der Waals surface area contributed by atoms with Crippen molar-refractivity contribution in [2.24, 2.45) is 0 Å². The van der Waals surface area contributed by atoms with Gasteiger partial charge >= 0.3 is 12.1 Å². The smallest absolute Gasteiger partial charge is 0.407 e. The van der Waals surface area contributed by atoms with Gasteiger partial charge in [-0.25, -0.2) is 9.59 Å². The molecule has 0 bridgehead atoms. The van der Waals surface area contributed by atoms with Gasteiger partial charge in [-0.3, -0.25) is 0 Å². The van der Waals surface area contributed by atoms with Crippen LogP contribution in [0.5, 0.6) is 0 Å². The Morgan fingerprint density at radius 1 is 0.850 bits per heavy atom. The van der Waals surface area contributed by atoms with Crippen LogP contribution < -0.4 is 16.0 Å². The minimum absolute atomic E-state index is 0.0126. The van der Waals surface area contributed by atoms with Crippen LogP contribution in [-0.2, 0) is 4.74 Å². The minimum atomic E-state index is -0.398. The number of carbonyl (C=O) groups excluding carboxylic acids is 2. The van der Waals surface area contributed by atoms with Gasteiger partial charge in [0.15, 0.2) is 0 Å². The molecule has 2 atom stereocenters. The standard InChI is InChI=1S/C14H29N3O3/c1-9(2)15-13(18)16-11(5)7-8-12(6)17-14(19)20-10(3)4/h9-12H,7-8H2,1-6H3,(H,17,19)(H2,15,16,18)/t11?,12-/m1/s1. The highest BCUT2D eigenvalue weighted by Crippen LogP contribution is 2.02. The largest absolute Gasteiger partial charge is 0.447 e. The van der Waals surface area contributed by atoms with E-state index in [4.69, 9.17) is 4.74 Å². The van der Waals surface area contributed by atoms with Crippen molar-refractivity contribution in [2.75, 3.05) is 0 Å². The van der Waals surface area contributed by atoms with Gasteiger partial charge in [-0.15, -0.1) is 0 Å². The van der Waals surface area contributed by atoms with Crippen molar-refractivity contribution < 1.29 is 14.3 Å². The Labute approximate surface area is 122 Å². The van der Waals surface area contributed by atoms with Gasteiger partial charge in [0.1, 0.15) is 0 Å². The molecule has 6 nitrogen and oxygen atoms in total. The summed E-state index contributed by atoms with van der Waals surface area (Å²) in [6.07, 6.45) is 1.04. The first kappa shape index (κ1) is 18.5. The lowest BCUT2D eigenvalue weighted by Crippen LogP contribution is -2.44. The number of amides is 3. The molecule has 0 heterocycles. The van der Waals surface area contributed by atoms with E-state index in [1.165, 1.54) is 0 Å². The number of urea groups is 1. The lowest BCUT2D eigenvalue weighted by Gasteiger charge is -2.19. The number of nitrogens with one attached hydrogen (secondary N) is 3. The molecule has 3 N–H and O–H groups in total. The maximum absolute atomic E-state index is 11.5. The molecule has 1 unspecified atom stereocenters. The molecule has 0 fully saturated rings. The first-order valence-corrected chi connectivity index (χ1v) is 7.24. The normalized spacial score (nSPS) is 13.8. The van der Waals surface area contributed by atoms with Gasteiger partial charge in [0, 0.05) is 18.1 Å². The van der Waals surface area contributed by atoms with Gasteiger partial charge in [0.05, 0.1) is 6.10 Å². The molecule has 118 valence electrons. The van der Waals surface area contributed by atoms with Crippen LogP contribution in [0.15, 0.2) is 0 Å². The Kier molecular flexibility index (Phi) is 8.76. The zero-order chi connectivity index (χ0) is 15.7. The van der Waals surface area contributed by atoms with Crippen molar-refractivity contribution in [2.45, 2.75) is 78.6 Å². The van der Waals surface area contributed by atoms with Crippen LogP contribution in [0.3, 0.4) is 0 Å². The summed E-state index contributed by atoms with van der Waals surface area (Å²) in [5, 5.41) is 8.40. The van der Waals surface area contributed by atoms with Crippen molar-refractivity contribution in [3.05, 3.63) is 0 Å². The highest BCUT2D eigenvalue weighted by Gasteiger charge is 2.13. The summed E-state index contributed by atoms with van der Waals surface area (Å²) in [5.74, 6) is 0. The molecule has 0 aliphatic rings. The van der Waals surface area contributed by atoms with Crippen molar-refractivity contribution in [1.29, 1.82) is 0 Å². The minimum Gasteiger partial charge on any atom is -0.447 e. The van der Waals surface area contributed by atoms with Crippen LogP contribution in [0.4, 0.5) is 9.59 Å². The molecule has 0 rings (SSSR count). The van der Waals surface area contributed by atoms with Gasteiger partial charge in [-0.1, -0.05) is 0 Å². The average Bonchev–Trinajstić information content (AvgIpc) is 2.23. The Morgan fingerprint density at radius 3 is 1.80 bits per heavy atom. The third kappa shape index (κ3) is 10.5. The second-order valence-electron chi connectivity index (χ2n) is 5.75. The van der Waals surface area contributed by atoms with E-state index in [-0.39, 0.29) is 30.3 Å². The van der Waals surface area contributed by atoms with Crippen LogP contribution in [0.1, 0.15) is 54.4 Å². The summed E-state index contributed by atoms with van der Waals surface area (Å²) in [5.41, 5.74) is 0. The molecule has 3 amide bonds. The average molecular weight is 287 g/mol. The fourth-order valence-corrected chi connectivity index (χ4v) is 1.62. The first-order chi connectivity index (χ1) is 9.20. The lowest BCUT2D eigenvalue weighted by atomic mass is 10.1. The van der Waals surface area contributed by atoms with Gasteiger partial charge in [0.25, 0.3) is 0 Å². The Balaban J connectivity index is 3.85. The predicted molar refractivity (Wildman–Crippen MR) is 79.7 cm³/mol. The maximum Gasteiger partial charge on any atom is 0.407 e. The summed E-state index contributed by atoms with van der Waals surface area (Å²) >= 11 is 0. The summed E-state index contributed by atoms with van der Waals surface area (Å²) < 4.78 is 5.01. The quantitative estimate of drug-likeness (QED) is 0.672. The number of alkyl carbamates (subject to hydrolysis) is 1. The fraction of sp³-hybridized carbons (Fsp3) is 0.857. The first-order valence-electron chi connectivity index (χ1n) is 7.24. The zero-order valence-electron chi connectivity index (χ0n) is 13.4. The van der Waals surface area contributed by atoms with Crippen molar-refractivity contribution in [3.8, 4) is 0 Å². The van der Waals surface area contributed by atoms with Crippen molar-refractivity contribution >= 4 is 12.1 Å². The van der Waals surface area contributed by atoms with E-state index in [9.17, 15) is 9.59 Å². The van der Waals surface area contributed by atoms with Gasteiger partial charge in [-0.05, 0) is 54.4 Å². The van der Waals surface area contributed by atoms with E-state index in [2.05, 4.69) is 16.0 Å². The molecule has 0 aromatic heterocycles. The summed E-state index contributed by atoms with van der Waals surface area (Å²) in [6.45, 7) is 11.3. The lowest BCUT2D eigenvalue weighted by molar-refractivity contribution is 0.112. The monoisotopic (exact) mass is 287 g/mol. The molecule has 0 aromatic carbocycles. The SMILES string of the molecule is CC(C)NC(=O)NC(C)CC[C@@H](C)NC(=O)OC(C)C. The van der Waals surface area contributed by atoms with Crippen molar-refractivity contribution in [1.82, 2.24) is 16.0 Å². The summed E-state index contributed by atoms with van der Waals surface area (Å²) in [7, 11) is 0.